The Morgan fingerprint density at radius 1 is 1.41 bits per heavy atom. The summed E-state index contributed by atoms with van der Waals surface area (Å²) in [5, 5.41) is 28.0. The van der Waals surface area contributed by atoms with Gasteiger partial charge in [0.2, 0.25) is 0 Å². The van der Waals surface area contributed by atoms with Crippen LogP contribution in [0, 0.1) is 0 Å². The first-order chi connectivity index (χ1) is 7.63. The van der Waals surface area contributed by atoms with Crippen molar-refractivity contribution in [3.8, 4) is 0 Å². The Hall–Kier alpha value is -1.18. The summed E-state index contributed by atoms with van der Waals surface area (Å²) in [5.74, 6) is -1.94. The number of carboxylic acid groups (broad SMARTS) is 2. The molecule has 7 nitrogen and oxygen atoms in total. The molecule has 0 radical (unpaired) electrons. The van der Waals surface area contributed by atoms with Gasteiger partial charge in [-0.3, -0.25) is 4.79 Å². The van der Waals surface area contributed by atoms with Crippen molar-refractivity contribution >= 4 is 11.9 Å². The summed E-state index contributed by atoms with van der Waals surface area (Å²) in [7, 11) is 5.40. The summed E-state index contributed by atoms with van der Waals surface area (Å²) < 4.78 is 0.419. The fourth-order valence-electron chi connectivity index (χ4n) is 1.39. The molecule has 1 atom stereocenters. The van der Waals surface area contributed by atoms with Crippen LogP contribution in [-0.4, -0.2) is 72.1 Å². The van der Waals surface area contributed by atoms with Crippen LogP contribution >= 0.6 is 0 Å². The zero-order chi connectivity index (χ0) is 13.6. The molecule has 1 heterocycles. The first kappa shape index (κ1) is 15.8. The number of likely N-dealkylation sites (N-methyl/N-ethyl adjacent to an activating group) is 1. The average molecular weight is 248 g/mol. The van der Waals surface area contributed by atoms with E-state index in [4.69, 9.17) is 10.3 Å². The van der Waals surface area contributed by atoms with E-state index < -0.39 is 18.0 Å². The molecular weight excluding hydrogens is 228 g/mol. The molecule has 17 heavy (non-hydrogen) atoms. The smallest absolute Gasteiger partial charge is 0.323 e. The van der Waals surface area contributed by atoms with Crippen LogP contribution < -0.4 is 5.11 Å². The van der Waals surface area contributed by atoms with Crippen molar-refractivity contribution in [2.24, 2.45) is 0 Å². The molecule has 1 unspecified atom stereocenters. The van der Waals surface area contributed by atoms with Gasteiger partial charge in [-0.05, 0) is 12.8 Å². The molecule has 100 valence electrons. The molecule has 1 saturated heterocycles. The second-order valence-electron chi connectivity index (χ2n) is 4.98. The zero-order valence-electron chi connectivity index (χ0n) is 10.4. The van der Waals surface area contributed by atoms with Gasteiger partial charge < -0.3 is 24.7 Å². The van der Waals surface area contributed by atoms with Gasteiger partial charge in [-0.15, -0.1) is 0 Å². The number of rotatable bonds is 3. The summed E-state index contributed by atoms with van der Waals surface area (Å²) in [5.41, 5.74) is 0. The van der Waals surface area contributed by atoms with Gasteiger partial charge in [0, 0.05) is 6.54 Å². The highest BCUT2D eigenvalue weighted by atomic mass is 16.5. The van der Waals surface area contributed by atoms with E-state index in [9.17, 15) is 14.7 Å². The van der Waals surface area contributed by atoms with E-state index in [2.05, 4.69) is 0 Å². The van der Waals surface area contributed by atoms with Gasteiger partial charge in [0.05, 0.1) is 27.1 Å². The molecule has 0 aromatic carbocycles. The molecule has 0 saturated carbocycles. The minimum absolute atomic E-state index is 0.0694. The van der Waals surface area contributed by atoms with Crippen molar-refractivity contribution < 1.29 is 29.5 Å². The number of hydroxylamine groups is 2. The number of nitrogens with zero attached hydrogens (tertiary/aromatic N) is 2. The monoisotopic (exact) mass is 248 g/mol. The maximum Gasteiger partial charge on any atom is 0.323 e. The standard InChI is InChI=1S/C5H9NO3.C5H11NO2/c7-5(8)4-2-1-3-6(4)9;1-6(2,3)4-5(7)8/h4,9H,1-3H2,(H,7,8);4H2,1-3H3. The van der Waals surface area contributed by atoms with Gasteiger partial charge in [0.1, 0.15) is 12.6 Å². The Labute approximate surface area is 100 Å². The molecule has 1 aliphatic rings. The Morgan fingerprint density at radius 2 is 1.94 bits per heavy atom. The molecule has 0 amide bonds. The van der Waals surface area contributed by atoms with Gasteiger partial charge in [0.15, 0.2) is 0 Å². The predicted molar refractivity (Wildman–Crippen MR) is 57.1 cm³/mol. The van der Waals surface area contributed by atoms with E-state index in [1.807, 2.05) is 0 Å². The van der Waals surface area contributed by atoms with E-state index in [1.165, 1.54) is 0 Å². The molecule has 0 bridgehead atoms. The number of hydrogen-bond acceptors (Lipinski definition) is 5. The summed E-state index contributed by atoms with van der Waals surface area (Å²) in [6.07, 6.45) is 1.33. The second kappa shape index (κ2) is 6.53. The van der Waals surface area contributed by atoms with Gasteiger partial charge in [-0.2, -0.15) is 5.06 Å². The van der Waals surface area contributed by atoms with Crippen molar-refractivity contribution in [2.45, 2.75) is 18.9 Å². The summed E-state index contributed by atoms with van der Waals surface area (Å²) in [6, 6.07) is -0.662. The van der Waals surface area contributed by atoms with Gasteiger partial charge >= 0.3 is 5.97 Å². The summed E-state index contributed by atoms with van der Waals surface area (Å²) in [4.78, 5) is 20.1. The number of quaternary nitrogens is 1. The minimum atomic E-state index is -1.00. The van der Waals surface area contributed by atoms with Crippen molar-refractivity contribution in [1.82, 2.24) is 5.06 Å². The highest BCUT2D eigenvalue weighted by Crippen LogP contribution is 2.13. The second-order valence-corrected chi connectivity index (χ2v) is 4.98. The molecule has 1 aliphatic heterocycles. The van der Waals surface area contributed by atoms with E-state index in [0.717, 1.165) is 11.5 Å². The molecule has 7 heteroatoms. The molecule has 0 aliphatic carbocycles. The molecule has 0 spiro atoms. The highest BCUT2D eigenvalue weighted by Gasteiger charge is 2.28. The van der Waals surface area contributed by atoms with E-state index in [0.29, 0.717) is 17.4 Å². The maximum atomic E-state index is 10.2. The van der Waals surface area contributed by atoms with E-state index in [1.54, 1.807) is 21.1 Å². The fraction of sp³-hybridized carbons (Fsp3) is 0.800. The summed E-state index contributed by atoms with van der Waals surface area (Å²) >= 11 is 0. The van der Waals surface area contributed by atoms with Crippen molar-refractivity contribution in [2.75, 3.05) is 34.2 Å². The van der Waals surface area contributed by atoms with E-state index >= 15 is 0 Å². The van der Waals surface area contributed by atoms with Crippen molar-refractivity contribution in [3.05, 3.63) is 0 Å². The van der Waals surface area contributed by atoms with Crippen LogP contribution in [0.1, 0.15) is 12.8 Å². The lowest BCUT2D eigenvalue weighted by Crippen LogP contribution is -2.45. The highest BCUT2D eigenvalue weighted by molar-refractivity contribution is 5.73. The lowest BCUT2D eigenvalue weighted by Gasteiger charge is -2.23. The first-order valence-electron chi connectivity index (χ1n) is 5.32. The van der Waals surface area contributed by atoms with Crippen LogP contribution in [0.15, 0.2) is 0 Å². The maximum absolute atomic E-state index is 10.2. The molecule has 0 aromatic heterocycles. The zero-order valence-corrected chi connectivity index (χ0v) is 10.4. The summed E-state index contributed by atoms with van der Waals surface area (Å²) in [6.45, 7) is 0.553. The first-order valence-corrected chi connectivity index (χ1v) is 5.32. The normalized spacial score (nSPS) is 20.6. The number of carbonyl (C=O) groups is 2. The topological polar surface area (TPSA) is 101 Å². The van der Waals surface area contributed by atoms with Crippen molar-refractivity contribution in [1.29, 1.82) is 0 Å². The SMILES string of the molecule is C[N+](C)(C)CC(=O)[O-].O=C(O)C1CCCN1O. The van der Waals surface area contributed by atoms with Crippen LogP contribution in [0.3, 0.4) is 0 Å². The third-order valence-electron chi connectivity index (χ3n) is 2.11. The van der Waals surface area contributed by atoms with Crippen LogP contribution in [0.4, 0.5) is 0 Å². The molecule has 1 rings (SSSR count). The van der Waals surface area contributed by atoms with Crippen LogP contribution in [-0.2, 0) is 9.59 Å². The third-order valence-corrected chi connectivity index (χ3v) is 2.11. The third kappa shape index (κ3) is 7.67. The van der Waals surface area contributed by atoms with Gasteiger partial charge in [-0.25, -0.2) is 0 Å². The van der Waals surface area contributed by atoms with Gasteiger partial charge in [0.25, 0.3) is 0 Å². The average Bonchev–Trinajstić information content (AvgIpc) is 2.47. The predicted octanol–water partition coefficient (Wildman–Crippen LogP) is -1.63. The number of carbonyl (C=O) groups excluding carboxylic acids is 1. The van der Waals surface area contributed by atoms with Crippen LogP contribution in [0.2, 0.25) is 0 Å². The Kier molecular flexibility index (Phi) is 6.08. The minimum Gasteiger partial charge on any atom is -0.544 e. The molecule has 1 fully saturated rings. The molecule has 0 aromatic rings. The fourth-order valence-corrected chi connectivity index (χ4v) is 1.39. The molecular formula is C10H20N2O5. The number of aliphatic carboxylic acids is 2. The quantitative estimate of drug-likeness (QED) is 0.581. The number of carboxylic acids is 2. The molecule has 2 N–H and O–H groups in total. The lowest BCUT2D eigenvalue weighted by atomic mass is 10.2. The largest absolute Gasteiger partial charge is 0.544 e. The van der Waals surface area contributed by atoms with E-state index in [-0.39, 0.29) is 6.54 Å². The van der Waals surface area contributed by atoms with Gasteiger partial charge in [-0.1, -0.05) is 0 Å². The van der Waals surface area contributed by atoms with Crippen LogP contribution in [0.25, 0.3) is 0 Å². The lowest BCUT2D eigenvalue weighted by molar-refractivity contribution is -0.864. The van der Waals surface area contributed by atoms with Crippen molar-refractivity contribution in [3.63, 3.8) is 0 Å². The van der Waals surface area contributed by atoms with Crippen LogP contribution in [0.5, 0.6) is 0 Å². The Morgan fingerprint density at radius 3 is 2.06 bits per heavy atom. The Balaban J connectivity index is 0.000000304. The number of hydrogen-bond donors (Lipinski definition) is 2. The Bertz CT molecular complexity index is 274.